The van der Waals surface area contributed by atoms with Gasteiger partial charge in [-0.25, -0.2) is 4.39 Å². The average Bonchev–Trinajstić information content (AvgIpc) is 2.38. The van der Waals surface area contributed by atoms with Crippen LogP contribution < -0.4 is 11.3 Å². The molecule has 0 aliphatic rings. The Morgan fingerprint density at radius 1 is 1.33 bits per heavy atom. The zero-order valence-electron chi connectivity index (χ0n) is 9.61. The number of hydrogen-bond donors (Lipinski definition) is 2. The Labute approximate surface area is 110 Å². The third-order valence-corrected chi connectivity index (χ3v) is 3.08. The first-order valence-corrected chi connectivity index (χ1v) is 5.88. The van der Waals surface area contributed by atoms with E-state index in [9.17, 15) is 4.39 Å². The van der Waals surface area contributed by atoms with E-state index in [1.54, 1.807) is 6.20 Å². The number of hydrogen-bond acceptors (Lipinski definition) is 3. The molecule has 0 aliphatic heterocycles. The van der Waals surface area contributed by atoms with Gasteiger partial charge in [-0.2, -0.15) is 0 Å². The number of aromatic nitrogens is 1. The maximum Gasteiger partial charge on any atom is 0.141 e. The van der Waals surface area contributed by atoms with Crippen molar-refractivity contribution in [1.82, 2.24) is 10.4 Å². The lowest BCUT2D eigenvalue weighted by Gasteiger charge is -2.16. The van der Waals surface area contributed by atoms with Crippen molar-refractivity contribution in [2.75, 3.05) is 0 Å². The van der Waals surface area contributed by atoms with E-state index >= 15 is 0 Å². The fourth-order valence-electron chi connectivity index (χ4n) is 1.78. The standard InChI is InChI=1S/C13H13ClFN3/c14-12-4-2-1-3-9(12)6-13(18-16)10-5-11(15)8-17-7-10/h1-5,7-8,13,18H,6,16H2. The number of nitrogens with zero attached hydrogens (tertiary/aromatic N) is 1. The Morgan fingerprint density at radius 2 is 2.11 bits per heavy atom. The normalized spacial score (nSPS) is 12.4. The highest BCUT2D eigenvalue weighted by molar-refractivity contribution is 6.31. The third kappa shape index (κ3) is 3.04. The highest BCUT2D eigenvalue weighted by Gasteiger charge is 2.13. The highest BCUT2D eigenvalue weighted by Crippen LogP contribution is 2.22. The van der Waals surface area contributed by atoms with Crippen LogP contribution in [-0.2, 0) is 6.42 Å². The summed E-state index contributed by atoms with van der Waals surface area (Å²) in [7, 11) is 0. The summed E-state index contributed by atoms with van der Waals surface area (Å²) in [5.74, 6) is 5.13. The number of hydrazine groups is 1. The van der Waals surface area contributed by atoms with E-state index < -0.39 is 0 Å². The molecule has 2 rings (SSSR count). The quantitative estimate of drug-likeness (QED) is 0.660. The van der Waals surface area contributed by atoms with E-state index in [0.29, 0.717) is 17.0 Å². The Morgan fingerprint density at radius 3 is 2.78 bits per heavy atom. The fraction of sp³-hybridized carbons (Fsp3) is 0.154. The predicted octanol–water partition coefficient (Wildman–Crippen LogP) is 2.62. The van der Waals surface area contributed by atoms with Crippen LogP contribution in [0.25, 0.3) is 0 Å². The molecule has 0 aliphatic carbocycles. The van der Waals surface area contributed by atoms with Gasteiger partial charge in [-0.05, 0) is 29.7 Å². The molecule has 1 unspecified atom stereocenters. The van der Waals surface area contributed by atoms with Crippen molar-refractivity contribution in [3.8, 4) is 0 Å². The largest absolute Gasteiger partial charge is 0.271 e. The van der Waals surface area contributed by atoms with Gasteiger partial charge in [-0.15, -0.1) is 0 Å². The van der Waals surface area contributed by atoms with Gasteiger partial charge in [-0.3, -0.25) is 16.3 Å². The summed E-state index contributed by atoms with van der Waals surface area (Å²) in [6.45, 7) is 0. The minimum Gasteiger partial charge on any atom is -0.271 e. The van der Waals surface area contributed by atoms with Gasteiger partial charge in [0.05, 0.1) is 12.2 Å². The summed E-state index contributed by atoms with van der Waals surface area (Å²) in [6.07, 6.45) is 3.32. The number of benzene rings is 1. The average molecular weight is 266 g/mol. The number of pyridine rings is 1. The zero-order valence-corrected chi connectivity index (χ0v) is 10.4. The van der Waals surface area contributed by atoms with Crippen LogP contribution in [0.2, 0.25) is 5.02 Å². The van der Waals surface area contributed by atoms with Gasteiger partial charge >= 0.3 is 0 Å². The topological polar surface area (TPSA) is 50.9 Å². The van der Waals surface area contributed by atoms with E-state index in [4.69, 9.17) is 17.4 Å². The Kier molecular flexibility index (Phi) is 4.25. The van der Waals surface area contributed by atoms with Crippen molar-refractivity contribution in [3.63, 3.8) is 0 Å². The molecule has 0 saturated heterocycles. The molecular formula is C13H13ClFN3. The first kappa shape index (κ1) is 13.0. The van der Waals surface area contributed by atoms with Gasteiger partial charge < -0.3 is 0 Å². The van der Waals surface area contributed by atoms with Crippen LogP contribution in [0.4, 0.5) is 4.39 Å². The summed E-state index contributed by atoms with van der Waals surface area (Å²) in [4.78, 5) is 3.81. The highest BCUT2D eigenvalue weighted by atomic mass is 35.5. The maximum atomic E-state index is 13.1. The predicted molar refractivity (Wildman–Crippen MR) is 69.4 cm³/mol. The van der Waals surface area contributed by atoms with Crippen LogP contribution in [0.1, 0.15) is 17.2 Å². The molecule has 0 fully saturated rings. The van der Waals surface area contributed by atoms with Gasteiger partial charge in [0.25, 0.3) is 0 Å². The summed E-state index contributed by atoms with van der Waals surface area (Å²) >= 11 is 6.09. The first-order valence-electron chi connectivity index (χ1n) is 5.50. The SMILES string of the molecule is NNC(Cc1ccccc1Cl)c1cncc(F)c1. The van der Waals surface area contributed by atoms with E-state index in [1.165, 1.54) is 6.07 Å². The maximum absolute atomic E-state index is 13.1. The Bertz CT molecular complexity index is 533. The second-order valence-corrected chi connectivity index (χ2v) is 4.36. The Hall–Kier alpha value is -1.49. The molecule has 5 heteroatoms. The van der Waals surface area contributed by atoms with Crippen molar-refractivity contribution in [2.45, 2.75) is 12.5 Å². The van der Waals surface area contributed by atoms with E-state index in [-0.39, 0.29) is 11.9 Å². The lowest BCUT2D eigenvalue weighted by molar-refractivity contribution is 0.541. The first-order chi connectivity index (χ1) is 8.70. The monoisotopic (exact) mass is 265 g/mol. The van der Waals surface area contributed by atoms with Crippen molar-refractivity contribution in [2.24, 2.45) is 5.84 Å². The van der Waals surface area contributed by atoms with Crippen molar-refractivity contribution < 1.29 is 4.39 Å². The van der Waals surface area contributed by atoms with Crippen LogP contribution in [0.3, 0.4) is 0 Å². The summed E-state index contributed by atoms with van der Waals surface area (Å²) in [6, 6.07) is 8.68. The summed E-state index contributed by atoms with van der Waals surface area (Å²) < 4.78 is 13.1. The molecule has 0 bridgehead atoms. The molecule has 1 atom stereocenters. The van der Waals surface area contributed by atoms with Crippen LogP contribution in [-0.4, -0.2) is 4.98 Å². The molecule has 18 heavy (non-hydrogen) atoms. The summed E-state index contributed by atoms with van der Waals surface area (Å²) in [5.41, 5.74) is 4.30. The van der Waals surface area contributed by atoms with E-state index in [1.807, 2.05) is 24.3 Å². The van der Waals surface area contributed by atoms with Crippen LogP contribution in [0, 0.1) is 5.82 Å². The molecule has 1 heterocycles. The molecule has 0 radical (unpaired) electrons. The minimum atomic E-state index is -0.382. The molecule has 0 spiro atoms. The zero-order chi connectivity index (χ0) is 13.0. The lowest BCUT2D eigenvalue weighted by atomic mass is 10.0. The molecule has 1 aromatic heterocycles. The van der Waals surface area contributed by atoms with E-state index in [2.05, 4.69) is 10.4 Å². The van der Waals surface area contributed by atoms with Crippen LogP contribution in [0.5, 0.6) is 0 Å². The number of halogens is 2. The number of nitrogens with one attached hydrogen (secondary N) is 1. The van der Waals surface area contributed by atoms with Crippen molar-refractivity contribution in [3.05, 3.63) is 64.7 Å². The molecule has 1 aromatic carbocycles. The fourth-order valence-corrected chi connectivity index (χ4v) is 1.99. The Balaban J connectivity index is 2.23. The third-order valence-electron chi connectivity index (χ3n) is 2.71. The minimum absolute atomic E-state index is 0.229. The smallest absolute Gasteiger partial charge is 0.141 e. The van der Waals surface area contributed by atoms with Gasteiger partial charge in [0, 0.05) is 11.2 Å². The molecule has 3 nitrogen and oxygen atoms in total. The second-order valence-electron chi connectivity index (χ2n) is 3.95. The second kappa shape index (κ2) is 5.91. The molecule has 0 saturated carbocycles. The van der Waals surface area contributed by atoms with Crippen LogP contribution in [0.15, 0.2) is 42.7 Å². The summed E-state index contributed by atoms with van der Waals surface area (Å²) in [5, 5.41) is 0.669. The van der Waals surface area contributed by atoms with Crippen LogP contribution >= 0.6 is 11.6 Å². The number of nitrogens with two attached hydrogens (primary N) is 1. The number of rotatable bonds is 4. The lowest BCUT2D eigenvalue weighted by Crippen LogP contribution is -2.29. The molecule has 2 aromatic rings. The van der Waals surface area contributed by atoms with Gasteiger partial charge in [-0.1, -0.05) is 29.8 Å². The van der Waals surface area contributed by atoms with Gasteiger partial charge in [0.15, 0.2) is 0 Å². The van der Waals surface area contributed by atoms with Gasteiger partial charge in [0.2, 0.25) is 0 Å². The van der Waals surface area contributed by atoms with Crippen molar-refractivity contribution >= 4 is 11.6 Å². The van der Waals surface area contributed by atoms with E-state index in [0.717, 1.165) is 11.8 Å². The van der Waals surface area contributed by atoms with Gasteiger partial charge in [0.1, 0.15) is 5.82 Å². The molecule has 0 amide bonds. The molecular weight excluding hydrogens is 253 g/mol. The molecule has 3 N–H and O–H groups in total. The van der Waals surface area contributed by atoms with Crippen molar-refractivity contribution in [1.29, 1.82) is 0 Å². The molecule has 94 valence electrons.